The number of carbonyl (C=O) groups is 1. The van der Waals surface area contributed by atoms with Crippen molar-refractivity contribution >= 4 is 5.97 Å². The number of aliphatic hydroxyl groups is 1. The number of ether oxygens (including phenoxy) is 4. The summed E-state index contributed by atoms with van der Waals surface area (Å²) < 4.78 is 22.5. The maximum Gasteiger partial charge on any atom is 0.340 e. The highest BCUT2D eigenvalue weighted by atomic mass is 16.8. The first-order chi connectivity index (χ1) is 10.9. The van der Waals surface area contributed by atoms with Gasteiger partial charge in [-0.05, 0) is 20.3 Å². The molecule has 5 unspecified atom stereocenters. The third kappa shape index (κ3) is 2.77. The minimum Gasteiger partial charge on any atom is -0.467 e. The number of rotatable bonds is 4. The fourth-order valence-corrected chi connectivity index (χ4v) is 3.53. The molecule has 3 aliphatic rings. The van der Waals surface area contributed by atoms with Gasteiger partial charge in [-0.25, -0.2) is 4.79 Å². The number of methoxy groups -OCH3 is 1. The zero-order valence-corrected chi connectivity index (χ0v) is 14.0. The predicted molar refractivity (Wildman–Crippen MR) is 77.0 cm³/mol. The van der Waals surface area contributed by atoms with Crippen LogP contribution in [0.4, 0.5) is 0 Å². The van der Waals surface area contributed by atoms with E-state index >= 15 is 0 Å². The van der Waals surface area contributed by atoms with Gasteiger partial charge in [-0.2, -0.15) is 5.06 Å². The zero-order valence-electron chi connectivity index (χ0n) is 14.0. The van der Waals surface area contributed by atoms with E-state index in [0.717, 1.165) is 0 Å². The number of hydroxylamine groups is 2. The summed E-state index contributed by atoms with van der Waals surface area (Å²) in [6.07, 6.45) is -0.738. The number of hydrogen-bond acceptors (Lipinski definition) is 8. The first-order valence-corrected chi connectivity index (χ1v) is 8.02. The number of esters is 1. The van der Waals surface area contributed by atoms with Gasteiger partial charge in [-0.1, -0.05) is 6.92 Å². The van der Waals surface area contributed by atoms with Crippen LogP contribution in [0.15, 0.2) is 0 Å². The third-order valence-electron chi connectivity index (χ3n) is 4.75. The van der Waals surface area contributed by atoms with Gasteiger partial charge in [0.05, 0.1) is 13.7 Å². The van der Waals surface area contributed by atoms with Crippen LogP contribution in [-0.4, -0.2) is 72.3 Å². The molecule has 0 aromatic rings. The summed E-state index contributed by atoms with van der Waals surface area (Å²) >= 11 is 0. The summed E-state index contributed by atoms with van der Waals surface area (Å²) in [6, 6.07) is 0. The van der Waals surface area contributed by atoms with E-state index in [1.54, 1.807) is 5.06 Å². The second-order valence-electron chi connectivity index (χ2n) is 6.63. The van der Waals surface area contributed by atoms with Crippen LogP contribution in [0.1, 0.15) is 33.6 Å². The van der Waals surface area contributed by atoms with Crippen molar-refractivity contribution in [1.29, 1.82) is 0 Å². The van der Waals surface area contributed by atoms with Crippen LogP contribution in [0.25, 0.3) is 0 Å². The fourth-order valence-electron chi connectivity index (χ4n) is 3.53. The highest BCUT2D eigenvalue weighted by Gasteiger charge is 2.59. The summed E-state index contributed by atoms with van der Waals surface area (Å²) in [5, 5.41) is 11.1. The molecule has 0 bridgehead atoms. The smallest absolute Gasteiger partial charge is 0.340 e. The average Bonchev–Trinajstić information content (AvgIpc) is 3.17. The standard InChI is InChI=1S/C15H25NO7/c1-5-15(13(18)19-4)6-7-16(23-15)12-11-10(9(8-17)20-12)21-14(2,3)22-11/h9-12,17H,5-8H2,1-4H3. The lowest BCUT2D eigenvalue weighted by molar-refractivity contribution is -0.293. The molecule has 3 fully saturated rings. The van der Waals surface area contributed by atoms with Crippen molar-refractivity contribution in [2.24, 2.45) is 0 Å². The van der Waals surface area contributed by atoms with Gasteiger partial charge in [0.25, 0.3) is 0 Å². The molecule has 132 valence electrons. The Morgan fingerprint density at radius 1 is 1.35 bits per heavy atom. The third-order valence-corrected chi connectivity index (χ3v) is 4.75. The molecule has 8 nitrogen and oxygen atoms in total. The number of hydrogen-bond donors (Lipinski definition) is 1. The molecule has 0 amide bonds. The lowest BCUT2D eigenvalue weighted by atomic mass is 9.98. The van der Waals surface area contributed by atoms with Gasteiger partial charge in [0.15, 0.2) is 17.6 Å². The quantitative estimate of drug-likeness (QED) is 0.730. The highest BCUT2D eigenvalue weighted by molar-refractivity contribution is 5.79. The molecule has 0 radical (unpaired) electrons. The minimum absolute atomic E-state index is 0.166. The first kappa shape index (κ1) is 17.1. The van der Waals surface area contributed by atoms with Crippen LogP contribution in [0.5, 0.6) is 0 Å². The molecule has 23 heavy (non-hydrogen) atoms. The number of fused-ring (bicyclic) bond motifs is 1. The predicted octanol–water partition coefficient (Wildman–Crippen LogP) is 0.183. The van der Waals surface area contributed by atoms with E-state index < -0.39 is 23.7 Å². The van der Waals surface area contributed by atoms with Gasteiger partial charge in [-0.15, -0.1) is 0 Å². The van der Waals surface area contributed by atoms with Gasteiger partial charge in [0, 0.05) is 13.0 Å². The van der Waals surface area contributed by atoms with Crippen LogP contribution in [0, 0.1) is 0 Å². The van der Waals surface area contributed by atoms with E-state index in [2.05, 4.69) is 0 Å². The number of aliphatic hydroxyl groups excluding tert-OH is 1. The van der Waals surface area contributed by atoms with Gasteiger partial charge in [0.2, 0.25) is 0 Å². The Bertz CT molecular complexity index is 471. The molecule has 5 atom stereocenters. The maximum absolute atomic E-state index is 12.1. The van der Waals surface area contributed by atoms with E-state index in [1.807, 2.05) is 20.8 Å². The van der Waals surface area contributed by atoms with E-state index in [0.29, 0.717) is 19.4 Å². The molecule has 3 saturated heterocycles. The van der Waals surface area contributed by atoms with Crippen molar-refractivity contribution < 1.29 is 33.7 Å². The molecular formula is C15H25NO7. The summed E-state index contributed by atoms with van der Waals surface area (Å²) in [7, 11) is 1.35. The van der Waals surface area contributed by atoms with Crippen molar-refractivity contribution in [2.45, 2.75) is 69.5 Å². The molecular weight excluding hydrogens is 306 g/mol. The Morgan fingerprint density at radius 2 is 2.04 bits per heavy atom. The molecule has 0 aliphatic carbocycles. The summed E-state index contributed by atoms with van der Waals surface area (Å²) in [5.41, 5.74) is -0.986. The van der Waals surface area contributed by atoms with Crippen LogP contribution < -0.4 is 0 Å². The lowest BCUT2D eigenvalue weighted by Crippen LogP contribution is -2.46. The van der Waals surface area contributed by atoms with Gasteiger partial charge >= 0.3 is 5.97 Å². The Hall–Kier alpha value is -0.770. The van der Waals surface area contributed by atoms with Crippen molar-refractivity contribution in [3.05, 3.63) is 0 Å². The van der Waals surface area contributed by atoms with Crippen LogP contribution in [-0.2, 0) is 28.6 Å². The maximum atomic E-state index is 12.1. The lowest BCUT2D eigenvalue weighted by Gasteiger charge is -2.30. The molecule has 0 spiro atoms. The fraction of sp³-hybridized carbons (Fsp3) is 0.933. The topological polar surface area (TPSA) is 86.7 Å². The van der Waals surface area contributed by atoms with Crippen molar-refractivity contribution in [1.82, 2.24) is 5.06 Å². The van der Waals surface area contributed by atoms with Crippen LogP contribution >= 0.6 is 0 Å². The van der Waals surface area contributed by atoms with E-state index in [1.165, 1.54) is 7.11 Å². The first-order valence-electron chi connectivity index (χ1n) is 8.02. The summed E-state index contributed by atoms with van der Waals surface area (Å²) in [6.45, 7) is 5.88. The average molecular weight is 331 g/mol. The van der Waals surface area contributed by atoms with Crippen molar-refractivity contribution in [2.75, 3.05) is 20.3 Å². The van der Waals surface area contributed by atoms with E-state index in [9.17, 15) is 9.90 Å². The second kappa shape index (κ2) is 5.94. The Balaban J connectivity index is 1.76. The summed E-state index contributed by atoms with van der Waals surface area (Å²) in [5.74, 6) is -1.13. The van der Waals surface area contributed by atoms with E-state index in [4.69, 9.17) is 23.8 Å². The molecule has 1 N–H and O–H groups in total. The van der Waals surface area contributed by atoms with Gasteiger partial charge in [-0.3, -0.25) is 4.84 Å². The monoisotopic (exact) mass is 331 g/mol. The Kier molecular flexibility index (Phi) is 4.41. The number of nitrogens with zero attached hydrogens (tertiary/aromatic N) is 1. The van der Waals surface area contributed by atoms with Crippen LogP contribution in [0.2, 0.25) is 0 Å². The molecule has 0 saturated carbocycles. The molecule has 3 heterocycles. The Morgan fingerprint density at radius 3 is 2.65 bits per heavy atom. The Labute approximate surface area is 135 Å². The minimum atomic E-state index is -0.986. The second-order valence-corrected chi connectivity index (χ2v) is 6.63. The zero-order chi connectivity index (χ0) is 16.8. The molecule has 3 aliphatic heterocycles. The highest BCUT2D eigenvalue weighted by Crippen LogP contribution is 2.42. The van der Waals surface area contributed by atoms with Gasteiger partial charge in [0.1, 0.15) is 18.3 Å². The van der Waals surface area contributed by atoms with Gasteiger partial charge < -0.3 is 24.1 Å². The molecule has 0 aromatic heterocycles. The van der Waals surface area contributed by atoms with Crippen molar-refractivity contribution in [3.63, 3.8) is 0 Å². The van der Waals surface area contributed by atoms with Crippen molar-refractivity contribution in [3.8, 4) is 0 Å². The SMILES string of the molecule is CCC1(C(=O)OC)CCN(C2OC(CO)C3OC(C)(C)OC32)O1. The molecule has 8 heteroatoms. The summed E-state index contributed by atoms with van der Waals surface area (Å²) in [4.78, 5) is 18.0. The number of carbonyl (C=O) groups excluding carboxylic acids is 1. The van der Waals surface area contributed by atoms with E-state index in [-0.39, 0.29) is 24.8 Å². The molecule has 0 aromatic carbocycles. The molecule has 3 rings (SSSR count). The normalized spacial score (nSPS) is 42.8. The van der Waals surface area contributed by atoms with Crippen LogP contribution in [0.3, 0.4) is 0 Å². The largest absolute Gasteiger partial charge is 0.467 e.